The Kier molecular flexibility index (Phi) is 36.5. The lowest BCUT2D eigenvalue weighted by Crippen LogP contribution is -2.17. The van der Waals surface area contributed by atoms with Gasteiger partial charge in [-0.1, -0.05) is 200 Å². The second kappa shape index (κ2) is 37.4. The van der Waals surface area contributed by atoms with Crippen molar-refractivity contribution >= 4 is 11.9 Å². The smallest absolute Gasteiger partial charge is 0.306 e. The predicted octanol–water partition coefficient (Wildman–Crippen LogP) is 14.1. The van der Waals surface area contributed by atoms with Gasteiger partial charge in [-0.2, -0.15) is 0 Å². The average Bonchev–Trinajstić information content (AvgIpc) is 3.03. The van der Waals surface area contributed by atoms with Crippen molar-refractivity contribution in [1.29, 1.82) is 0 Å². The Labute approximate surface area is 282 Å². The molecule has 0 spiro atoms. The lowest BCUT2D eigenvalue weighted by Gasteiger charge is -2.16. The van der Waals surface area contributed by atoms with Crippen molar-refractivity contribution in [2.45, 2.75) is 251 Å². The fourth-order valence-electron chi connectivity index (χ4n) is 6.53. The zero-order chi connectivity index (χ0) is 32.9. The van der Waals surface area contributed by atoms with Crippen molar-refractivity contribution in [3.05, 3.63) is 0 Å². The summed E-state index contributed by atoms with van der Waals surface area (Å²) in [5.74, 6) is -0.655. The molecule has 0 rings (SSSR count). The highest BCUT2D eigenvalue weighted by molar-refractivity contribution is 5.69. The number of esters is 1. The van der Waals surface area contributed by atoms with Crippen molar-refractivity contribution in [2.75, 3.05) is 0 Å². The number of carboxylic acids is 1. The van der Waals surface area contributed by atoms with Gasteiger partial charge in [0.1, 0.15) is 6.10 Å². The molecule has 0 aromatic carbocycles. The SMILES string of the molecule is CCCCCCCCCCCCCCCCCCCCCCCC(=O)OC(CC)CCCCCCCCCCCCCC(=O)O. The van der Waals surface area contributed by atoms with Gasteiger partial charge in [-0.05, 0) is 32.1 Å². The third-order valence-corrected chi connectivity index (χ3v) is 9.65. The van der Waals surface area contributed by atoms with E-state index in [1.807, 2.05) is 0 Å². The van der Waals surface area contributed by atoms with Crippen LogP contribution < -0.4 is 0 Å². The Morgan fingerprint density at radius 3 is 1.02 bits per heavy atom. The van der Waals surface area contributed by atoms with Crippen LogP contribution >= 0.6 is 0 Å². The number of hydrogen-bond donors (Lipinski definition) is 1. The largest absolute Gasteiger partial charge is 0.481 e. The van der Waals surface area contributed by atoms with E-state index in [0.29, 0.717) is 12.8 Å². The highest BCUT2D eigenvalue weighted by atomic mass is 16.5. The van der Waals surface area contributed by atoms with Gasteiger partial charge in [-0.3, -0.25) is 9.59 Å². The van der Waals surface area contributed by atoms with E-state index >= 15 is 0 Å². The van der Waals surface area contributed by atoms with Crippen molar-refractivity contribution < 1.29 is 19.4 Å². The number of hydrogen-bond acceptors (Lipinski definition) is 3. The van der Waals surface area contributed by atoms with E-state index in [4.69, 9.17) is 9.84 Å². The molecule has 0 fully saturated rings. The Bertz CT molecular complexity index is 604. The summed E-state index contributed by atoms with van der Waals surface area (Å²) in [4.78, 5) is 22.8. The van der Waals surface area contributed by atoms with Crippen LogP contribution in [0.1, 0.15) is 245 Å². The topological polar surface area (TPSA) is 63.6 Å². The highest BCUT2D eigenvalue weighted by Crippen LogP contribution is 2.17. The second-order valence-corrected chi connectivity index (χ2v) is 14.2. The van der Waals surface area contributed by atoms with E-state index in [1.54, 1.807) is 0 Å². The molecule has 0 saturated heterocycles. The number of carbonyl (C=O) groups is 2. The lowest BCUT2D eigenvalue weighted by molar-refractivity contribution is -0.149. The number of rotatable bonds is 38. The monoisotopic (exact) mass is 637 g/mol. The van der Waals surface area contributed by atoms with E-state index in [2.05, 4.69) is 13.8 Å². The maximum absolute atomic E-state index is 12.3. The molecule has 0 aromatic heterocycles. The summed E-state index contributed by atoms with van der Waals surface area (Å²) in [6.45, 7) is 4.43. The van der Waals surface area contributed by atoms with E-state index in [-0.39, 0.29) is 12.1 Å². The number of unbranched alkanes of at least 4 members (excludes halogenated alkanes) is 30. The summed E-state index contributed by atoms with van der Waals surface area (Å²) in [5, 5.41) is 8.66. The van der Waals surface area contributed by atoms with E-state index < -0.39 is 5.97 Å². The van der Waals surface area contributed by atoms with Gasteiger partial charge >= 0.3 is 11.9 Å². The van der Waals surface area contributed by atoms with Gasteiger partial charge in [0.05, 0.1) is 0 Å². The maximum atomic E-state index is 12.3. The summed E-state index contributed by atoms with van der Waals surface area (Å²) in [6, 6.07) is 0. The van der Waals surface area contributed by atoms with E-state index in [9.17, 15) is 9.59 Å². The molecule has 1 N–H and O–H groups in total. The number of carboxylic acid groups (broad SMARTS) is 1. The minimum absolute atomic E-state index is 0.0163. The first-order valence-corrected chi connectivity index (χ1v) is 20.5. The molecular formula is C41H80O4. The first-order valence-electron chi connectivity index (χ1n) is 20.5. The van der Waals surface area contributed by atoms with Gasteiger partial charge in [0.15, 0.2) is 0 Å². The Morgan fingerprint density at radius 2 is 0.711 bits per heavy atom. The molecule has 45 heavy (non-hydrogen) atoms. The van der Waals surface area contributed by atoms with Crippen LogP contribution in [0.25, 0.3) is 0 Å². The predicted molar refractivity (Wildman–Crippen MR) is 195 cm³/mol. The van der Waals surface area contributed by atoms with Crippen molar-refractivity contribution in [1.82, 2.24) is 0 Å². The third-order valence-electron chi connectivity index (χ3n) is 9.65. The Balaban J connectivity index is 3.35. The molecule has 0 aliphatic heterocycles. The van der Waals surface area contributed by atoms with E-state index in [0.717, 1.165) is 44.9 Å². The molecule has 4 nitrogen and oxygen atoms in total. The van der Waals surface area contributed by atoms with Crippen LogP contribution in [0.5, 0.6) is 0 Å². The minimum Gasteiger partial charge on any atom is -0.481 e. The molecule has 268 valence electrons. The van der Waals surface area contributed by atoms with Gasteiger partial charge in [-0.15, -0.1) is 0 Å². The van der Waals surface area contributed by atoms with Crippen LogP contribution in [-0.2, 0) is 14.3 Å². The molecule has 0 aromatic rings. The molecule has 0 aliphatic rings. The molecule has 4 heteroatoms. The quantitative estimate of drug-likeness (QED) is 0.0541. The second-order valence-electron chi connectivity index (χ2n) is 14.2. The zero-order valence-corrected chi connectivity index (χ0v) is 30.7. The standard InChI is InChI=1S/C41H80O4/c1-3-5-6-7-8-9-10-11-12-13-14-15-16-17-18-19-23-26-29-32-35-38-41(44)45-39(4-2)36-33-30-27-24-21-20-22-25-28-31-34-37-40(42)43/h39H,3-38H2,1-2H3,(H,42,43). The molecule has 0 radical (unpaired) electrons. The first-order chi connectivity index (χ1) is 22.1. The van der Waals surface area contributed by atoms with Crippen LogP contribution in [0.4, 0.5) is 0 Å². The first kappa shape index (κ1) is 43.9. The van der Waals surface area contributed by atoms with Gasteiger partial charge in [0.2, 0.25) is 0 Å². The van der Waals surface area contributed by atoms with Crippen LogP contribution in [0, 0.1) is 0 Å². The van der Waals surface area contributed by atoms with Crippen molar-refractivity contribution in [3.8, 4) is 0 Å². The molecular weight excluding hydrogens is 556 g/mol. The Morgan fingerprint density at radius 1 is 0.422 bits per heavy atom. The lowest BCUT2D eigenvalue weighted by atomic mass is 10.0. The minimum atomic E-state index is -0.672. The molecule has 1 unspecified atom stereocenters. The van der Waals surface area contributed by atoms with Crippen LogP contribution in [0.3, 0.4) is 0 Å². The van der Waals surface area contributed by atoms with E-state index in [1.165, 1.54) is 173 Å². The number of carbonyl (C=O) groups excluding carboxylic acids is 1. The third kappa shape index (κ3) is 37.3. The molecule has 1 atom stereocenters. The highest BCUT2D eigenvalue weighted by Gasteiger charge is 2.12. The normalized spacial score (nSPS) is 12.0. The molecule has 0 bridgehead atoms. The Hall–Kier alpha value is -1.06. The fourth-order valence-corrected chi connectivity index (χ4v) is 6.53. The summed E-state index contributed by atoms with van der Waals surface area (Å²) in [6.07, 6.45) is 45.1. The van der Waals surface area contributed by atoms with Gasteiger partial charge in [-0.25, -0.2) is 0 Å². The number of aliphatic carboxylic acids is 1. The molecule has 0 heterocycles. The summed E-state index contributed by atoms with van der Waals surface area (Å²) < 4.78 is 5.79. The number of ether oxygens (including phenoxy) is 1. The average molecular weight is 637 g/mol. The van der Waals surface area contributed by atoms with Gasteiger partial charge in [0.25, 0.3) is 0 Å². The molecule has 0 amide bonds. The fraction of sp³-hybridized carbons (Fsp3) is 0.951. The van der Waals surface area contributed by atoms with Crippen LogP contribution in [0.15, 0.2) is 0 Å². The molecule has 0 aliphatic carbocycles. The van der Waals surface area contributed by atoms with Gasteiger partial charge in [0, 0.05) is 12.8 Å². The summed E-state index contributed by atoms with van der Waals surface area (Å²) in [7, 11) is 0. The van der Waals surface area contributed by atoms with Crippen LogP contribution in [-0.4, -0.2) is 23.1 Å². The maximum Gasteiger partial charge on any atom is 0.306 e. The van der Waals surface area contributed by atoms with Crippen LogP contribution in [0.2, 0.25) is 0 Å². The zero-order valence-electron chi connectivity index (χ0n) is 30.7. The van der Waals surface area contributed by atoms with Gasteiger partial charge < -0.3 is 9.84 Å². The summed E-state index contributed by atoms with van der Waals surface area (Å²) >= 11 is 0. The van der Waals surface area contributed by atoms with Crippen molar-refractivity contribution in [3.63, 3.8) is 0 Å². The van der Waals surface area contributed by atoms with Crippen molar-refractivity contribution in [2.24, 2.45) is 0 Å². The molecule has 0 saturated carbocycles. The summed E-state index contributed by atoms with van der Waals surface area (Å²) in [5.41, 5.74) is 0.